The van der Waals surface area contributed by atoms with Crippen LogP contribution in [0.15, 0.2) is 18.2 Å². The molecule has 0 radical (unpaired) electrons. The molecule has 0 aliphatic heterocycles. The molecule has 0 fully saturated rings. The molecule has 0 saturated carbocycles. The lowest BCUT2D eigenvalue weighted by atomic mass is 10.0. The molecule has 0 aromatic heterocycles. The lowest BCUT2D eigenvalue weighted by Crippen LogP contribution is -3.00. The molecular formula is C14H20ClNO4. The lowest BCUT2D eigenvalue weighted by Gasteiger charge is -2.24. The van der Waals surface area contributed by atoms with Crippen LogP contribution in [0.3, 0.4) is 0 Å². The number of halogens is 1. The van der Waals surface area contributed by atoms with E-state index < -0.39 is 11.9 Å². The van der Waals surface area contributed by atoms with Gasteiger partial charge in [0.1, 0.15) is 6.54 Å². The van der Waals surface area contributed by atoms with Gasteiger partial charge in [0, 0.05) is 5.56 Å². The van der Waals surface area contributed by atoms with Crippen molar-refractivity contribution in [2.45, 2.75) is 19.4 Å². The number of hydrogen-bond acceptors (Lipinski definition) is 2. The first kappa shape index (κ1) is 18.4. The molecule has 112 valence electrons. The average molecular weight is 302 g/mol. The van der Waals surface area contributed by atoms with Crippen molar-refractivity contribution in [2.75, 3.05) is 21.1 Å². The van der Waals surface area contributed by atoms with Gasteiger partial charge in [-0.2, -0.15) is 0 Å². The highest BCUT2D eigenvalue weighted by Gasteiger charge is 2.13. The molecule has 1 aromatic carbocycles. The fourth-order valence-corrected chi connectivity index (χ4v) is 2.03. The molecule has 0 aliphatic carbocycles. The summed E-state index contributed by atoms with van der Waals surface area (Å²) in [6, 6.07) is 5.33. The zero-order valence-corrected chi connectivity index (χ0v) is 12.6. The minimum atomic E-state index is -0.913. The number of rotatable bonds is 6. The quantitative estimate of drug-likeness (QED) is 0.605. The number of carboxylic acid groups (broad SMARTS) is 2. The van der Waals surface area contributed by atoms with Crippen molar-refractivity contribution in [1.82, 2.24) is 0 Å². The molecule has 0 unspecified atom stereocenters. The first-order valence-corrected chi connectivity index (χ1v) is 6.01. The molecule has 0 bridgehead atoms. The molecule has 2 N–H and O–H groups in total. The van der Waals surface area contributed by atoms with Crippen LogP contribution >= 0.6 is 0 Å². The summed E-state index contributed by atoms with van der Waals surface area (Å²) in [5.74, 6) is -1.83. The van der Waals surface area contributed by atoms with Crippen LogP contribution < -0.4 is 12.4 Å². The Morgan fingerprint density at radius 1 is 0.900 bits per heavy atom. The zero-order valence-electron chi connectivity index (χ0n) is 11.9. The van der Waals surface area contributed by atoms with Gasteiger partial charge in [0.2, 0.25) is 0 Å². The van der Waals surface area contributed by atoms with Gasteiger partial charge in [-0.15, -0.1) is 0 Å². The normalized spacial score (nSPS) is 10.8. The molecule has 5 nitrogen and oxygen atoms in total. The minimum Gasteiger partial charge on any atom is -1.00 e. The Labute approximate surface area is 124 Å². The highest BCUT2D eigenvalue weighted by molar-refractivity contribution is 5.72. The maximum atomic E-state index is 10.8. The van der Waals surface area contributed by atoms with Crippen LogP contribution in [0.2, 0.25) is 0 Å². The molecule has 0 amide bonds. The van der Waals surface area contributed by atoms with E-state index in [4.69, 9.17) is 10.2 Å². The van der Waals surface area contributed by atoms with Gasteiger partial charge in [-0.05, 0) is 23.3 Å². The van der Waals surface area contributed by atoms with E-state index in [2.05, 4.69) is 0 Å². The second-order valence-electron chi connectivity index (χ2n) is 5.75. The fraction of sp³-hybridized carbons (Fsp3) is 0.429. The number of carboxylic acids is 2. The second kappa shape index (κ2) is 7.26. The largest absolute Gasteiger partial charge is 1.00 e. The second-order valence-corrected chi connectivity index (χ2v) is 5.75. The molecule has 0 atom stereocenters. The topological polar surface area (TPSA) is 74.6 Å². The van der Waals surface area contributed by atoms with E-state index in [-0.39, 0.29) is 25.2 Å². The molecule has 0 heterocycles. The van der Waals surface area contributed by atoms with Crippen molar-refractivity contribution in [3.05, 3.63) is 34.9 Å². The minimum absolute atomic E-state index is 0. The van der Waals surface area contributed by atoms with Crippen LogP contribution in [0.4, 0.5) is 0 Å². The smallest absolute Gasteiger partial charge is 0.307 e. The highest BCUT2D eigenvalue weighted by Crippen LogP contribution is 2.15. The summed E-state index contributed by atoms with van der Waals surface area (Å²) in [6.07, 6.45) is -0.171. The number of aliphatic carboxylic acids is 2. The number of nitrogens with zero attached hydrogens (tertiary/aromatic N) is 1. The van der Waals surface area contributed by atoms with Gasteiger partial charge >= 0.3 is 11.9 Å². The van der Waals surface area contributed by atoms with Gasteiger partial charge in [0.05, 0.1) is 34.0 Å². The van der Waals surface area contributed by atoms with Crippen LogP contribution in [0.1, 0.15) is 16.7 Å². The first-order chi connectivity index (χ1) is 8.65. The zero-order chi connectivity index (χ0) is 14.6. The SMILES string of the molecule is C[N+](C)(C)Cc1cc(CC(=O)O)cc(CC(=O)O)c1.[Cl-]. The number of carbonyl (C=O) groups is 2. The average Bonchev–Trinajstić information content (AvgIpc) is 2.10. The number of benzene rings is 1. The van der Waals surface area contributed by atoms with Gasteiger partial charge in [-0.3, -0.25) is 9.59 Å². The van der Waals surface area contributed by atoms with Crippen LogP contribution in [0, 0.1) is 0 Å². The van der Waals surface area contributed by atoms with Crippen molar-refractivity contribution < 1.29 is 36.7 Å². The predicted molar refractivity (Wildman–Crippen MR) is 70.9 cm³/mol. The van der Waals surface area contributed by atoms with E-state index in [9.17, 15) is 9.59 Å². The molecule has 1 rings (SSSR count). The number of quaternary nitrogens is 1. The van der Waals surface area contributed by atoms with E-state index in [1.807, 2.05) is 33.3 Å². The summed E-state index contributed by atoms with van der Waals surface area (Å²) in [5.41, 5.74) is 2.26. The summed E-state index contributed by atoms with van der Waals surface area (Å²) < 4.78 is 0.697. The summed E-state index contributed by atoms with van der Waals surface area (Å²) in [5, 5.41) is 17.7. The van der Waals surface area contributed by atoms with E-state index in [1.54, 1.807) is 6.07 Å². The maximum Gasteiger partial charge on any atom is 0.307 e. The fourth-order valence-electron chi connectivity index (χ4n) is 2.03. The maximum absolute atomic E-state index is 10.8. The van der Waals surface area contributed by atoms with Crippen LogP contribution in [-0.4, -0.2) is 47.8 Å². The van der Waals surface area contributed by atoms with E-state index in [0.29, 0.717) is 15.6 Å². The summed E-state index contributed by atoms with van der Waals surface area (Å²) >= 11 is 0. The molecule has 6 heteroatoms. The van der Waals surface area contributed by atoms with Gasteiger partial charge in [-0.1, -0.05) is 6.07 Å². The van der Waals surface area contributed by atoms with Gasteiger partial charge in [0.25, 0.3) is 0 Å². The third-order valence-electron chi connectivity index (χ3n) is 2.48. The Morgan fingerprint density at radius 2 is 1.25 bits per heavy atom. The van der Waals surface area contributed by atoms with Crippen LogP contribution in [0.25, 0.3) is 0 Å². The van der Waals surface area contributed by atoms with Crippen molar-refractivity contribution in [2.24, 2.45) is 0 Å². The molecule has 1 aromatic rings. The third kappa shape index (κ3) is 7.11. The van der Waals surface area contributed by atoms with Crippen LogP contribution in [-0.2, 0) is 29.0 Å². The van der Waals surface area contributed by atoms with Crippen molar-refractivity contribution in [3.63, 3.8) is 0 Å². The predicted octanol–water partition coefficient (Wildman–Crippen LogP) is -1.85. The highest BCUT2D eigenvalue weighted by atomic mass is 35.5. The molecule has 0 spiro atoms. The lowest BCUT2D eigenvalue weighted by molar-refractivity contribution is -0.884. The summed E-state index contributed by atoms with van der Waals surface area (Å²) in [6.45, 7) is 0.722. The monoisotopic (exact) mass is 301 g/mol. The number of hydrogen-bond donors (Lipinski definition) is 2. The molecular weight excluding hydrogens is 282 g/mol. The molecule has 20 heavy (non-hydrogen) atoms. The Balaban J connectivity index is 0.00000361. The van der Waals surface area contributed by atoms with Crippen LogP contribution in [0.5, 0.6) is 0 Å². The molecule has 0 aliphatic rings. The van der Waals surface area contributed by atoms with Crippen molar-refractivity contribution >= 4 is 11.9 Å². The van der Waals surface area contributed by atoms with E-state index in [1.165, 1.54) is 0 Å². The van der Waals surface area contributed by atoms with E-state index in [0.717, 1.165) is 12.1 Å². The standard InChI is InChI=1S/C14H19NO4.ClH/c1-15(2,3)9-12-5-10(7-13(16)17)4-11(6-12)8-14(18)19;/h4-6H,7-9H2,1-3H3,(H-,16,17,18,19);1H. The van der Waals surface area contributed by atoms with Gasteiger partial charge in [-0.25, -0.2) is 0 Å². The Kier molecular flexibility index (Phi) is 6.68. The van der Waals surface area contributed by atoms with Gasteiger partial charge < -0.3 is 27.1 Å². The first-order valence-electron chi connectivity index (χ1n) is 6.01. The molecule has 0 saturated heterocycles. The Bertz CT molecular complexity index is 460. The Hall–Kier alpha value is -1.59. The van der Waals surface area contributed by atoms with Crippen molar-refractivity contribution in [1.29, 1.82) is 0 Å². The van der Waals surface area contributed by atoms with Crippen molar-refractivity contribution in [3.8, 4) is 0 Å². The third-order valence-corrected chi connectivity index (χ3v) is 2.48. The Morgan fingerprint density at radius 3 is 1.55 bits per heavy atom. The summed E-state index contributed by atoms with van der Waals surface area (Å²) in [4.78, 5) is 21.6. The summed E-state index contributed by atoms with van der Waals surface area (Å²) in [7, 11) is 6.09. The van der Waals surface area contributed by atoms with Gasteiger partial charge in [0.15, 0.2) is 0 Å². The van der Waals surface area contributed by atoms with E-state index >= 15 is 0 Å².